The topological polar surface area (TPSA) is 93.2 Å². The summed E-state index contributed by atoms with van der Waals surface area (Å²) >= 11 is 7.41. The molecule has 1 heterocycles. The third kappa shape index (κ3) is 5.95. The van der Waals surface area contributed by atoms with E-state index in [-0.39, 0.29) is 12.0 Å². The first-order valence-corrected chi connectivity index (χ1v) is 10.4. The fourth-order valence-electron chi connectivity index (χ4n) is 2.63. The number of thioether (sulfide) groups is 1. The molecule has 0 saturated heterocycles. The zero-order valence-corrected chi connectivity index (χ0v) is 18.2. The van der Waals surface area contributed by atoms with Crippen LogP contribution in [-0.4, -0.2) is 48.7 Å². The average Bonchev–Trinajstić information content (AvgIpc) is 2.72. The van der Waals surface area contributed by atoms with Gasteiger partial charge >= 0.3 is 5.97 Å². The summed E-state index contributed by atoms with van der Waals surface area (Å²) < 4.78 is 4.82. The van der Waals surface area contributed by atoms with Gasteiger partial charge in [-0.05, 0) is 49.1 Å². The third-order valence-corrected chi connectivity index (χ3v) is 5.32. The molecular weight excluding hydrogens is 412 g/mol. The van der Waals surface area contributed by atoms with E-state index in [1.165, 1.54) is 18.9 Å². The van der Waals surface area contributed by atoms with Crippen molar-refractivity contribution in [3.8, 4) is 0 Å². The van der Waals surface area contributed by atoms with Crippen molar-refractivity contribution in [3.63, 3.8) is 0 Å². The van der Waals surface area contributed by atoms with Crippen molar-refractivity contribution in [2.24, 2.45) is 0 Å². The van der Waals surface area contributed by atoms with Crippen LogP contribution in [0.5, 0.6) is 0 Å². The standard InChI is InChI=1S/C20H23ClN4O3S/c1-12(14(11-26)9-13-10-15(21)5-6-16(13)22-2)24-20-23-8-7-17(25-20)18(29-4)19(27)28-3/h5-12,18,22H,1-4H3,(H,23,24,25)/b14-9+/t12-,18?/m0/s1. The largest absolute Gasteiger partial charge is 0.468 e. The number of benzene rings is 1. The number of anilines is 2. The zero-order chi connectivity index (χ0) is 21.4. The molecule has 0 aliphatic rings. The Kier molecular flexibility index (Phi) is 8.48. The Morgan fingerprint density at radius 1 is 1.34 bits per heavy atom. The maximum Gasteiger partial charge on any atom is 0.324 e. The number of esters is 1. The Hall–Kier alpha value is -2.58. The van der Waals surface area contributed by atoms with Gasteiger partial charge in [0, 0.05) is 29.5 Å². The molecule has 2 atom stereocenters. The Bertz CT molecular complexity index is 907. The minimum absolute atomic E-state index is 0.311. The number of ether oxygens (including phenoxy) is 1. The smallest absolute Gasteiger partial charge is 0.324 e. The molecule has 29 heavy (non-hydrogen) atoms. The molecule has 0 bridgehead atoms. The SMILES string of the molecule is CNc1ccc(Cl)cc1/C=C(\C=O)[C@H](C)Nc1nccc(C(SC)C(=O)OC)n1. The molecule has 0 amide bonds. The van der Waals surface area contributed by atoms with Gasteiger partial charge in [-0.3, -0.25) is 9.59 Å². The third-order valence-electron chi connectivity index (χ3n) is 4.18. The number of nitrogens with one attached hydrogen (secondary N) is 2. The van der Waals surface area contributed by atoms with Crippen LogP contribution in [-0.2, 0) is 14.3 Å². The van der Waals surface area contributed by atoms with Crippen molar-refractivity contribution in [2.75, 3.05) is 31.0 Å². The van der Waals surface area contributed by atoms with Crippen LogP contribution >= 0.6 is 23.4 Å². The van der Waals surface area contributed by atoms with Crippen LogP contribution in [0.1, 0.15) is 23.4 Å². The first-order valence-electron chi connectivity index (χ1n) is 8.77. The van der Waals surface area contributed by atoms with E-state index in [0.29, 0.717) is 22.2 Å². The second-order valence-electron chi connectivity index (χ2n) is 6.05. The molecule has 154 valence electrons. The molecular formula is C20H23ClN4O3S. The molecule has 2 aromatic rings. The monoisotopic (exact) mass is 434 g/mol. The lowest BCUT2D eigenvalue weighted by Crippen LogP contribution is -2.21. The lowest BCUT2D eigenvalue weighted by molar-refractivity contribution is -0.140. The molecule has 0 aliphatic heterocycles. The number of aldehydes is 1. The molecule has 0 spiro atoms. The van der Waals surface area contributed by atoms with Crippen LogP contribution < -0.4 is 10.6 Å². The van der Waals surface area contributed by atoms with Gasteiger partial charge in [-0.15, -0.1) is 11.8 Å². The number of halogens is 1. The number of nitrogens with zero attached hydrogens (tertiary/aromatic N) is 2. The van der Waals surface area contributed by atoms with Gasteiger partial charge in [-0.2, -0.15) is 0 Å². The van der Waals surface area contributed by atoms with Crippen molar-refractivity contribution in [2.45, 2.75) is 18.2 Å². The average molecular weight is 435 g/mol. The zero-order valence-electron chi connectivity index (χ0n) is 16.6. The molecule has 0 saturated carbocycles. The molecule has 0 fully saturated rings. The number of carbonyl (C=O) groups excluding carboxylic acids is 2. The summed E-state index contributed by atoms with van der Waals surface area (Å²) in [6.45, 7) is 1.83. The summed E-state index contributed by atoms with van der Waals surface area (Å²) in [6, 6.07) is 6.68. The molecule has 1 aromatic carbocycles. The van der Waals surface area contributed by atoms with E-state index in [9.17, 15) is 9.59 Å². The fourth-order valence-corrected chi connectivity index (χ4v) is 3.47. The molecule has 7 nitrogen and oxygen atoms in total. The summed E-state index contributed by atoms with van der Waals surface area (Å²) in [5.74, 6) is -0.0742. The highest BCUT2D eigenvalue weighted by molar-refractivity contribution is 7.99. The van der Waals surface area contributed by atoms with Crippen molar-refractivity contribution >= 4 is 53.3 Å². The number of aromatic nitrogens is 2. The number of hydrogen-bond acceptors (Lipinski definition) is 8. The van der Waals surface area contributed by atoms with E-state index in [1.54, 1.807) is 43.8 Å². The maximum atomic E-state index is 11.9. The van der Waals surface area contributed by atoms with Crippen LogP contribution in [0.4, 0.5) is 11.6 Å². The second-order valence-corrected chi connectivity index (χ2v) is 7.43. The summed E-state index contributed by atoms with van der Waals surface area (Å²) in [7, 11) is 3.13. The number of rotatable bonds is 9. The molecule has 1 aromatic heterocycles. The van der Waals surface area contributed by atoms with E-state index in [4.69, 9.17) is 16.3 Å². The van der Waals surface area contributed by atoms with E-state index in [2.05, 4.69) is 20.6 Å². The van der Waals surface area contributed by atoms with Crippen LogP contribution in [0.15, 0.2) is 36.0 Å². The molecule has 0 aliphatic carbocycles. The quantitative estimate of drug-likeness (QED) is 0.349. The van der Waals surface area contributed by atoms with Crippen molar-refractivity contribution < 1.29 is 14.3 Å². The van der Waals surface area contributed by atoms with E-state index in [1.807, 2.05) is 13.0 Å². The fraction of sp³-hybridized carbons (Fsp3) is 0.300. The van der Waals surface area contributed by atoms with Crippen LogP contribution in [0, 0.1) is 0 Å². The van der Waals surface area contributed by atoms with Gasteiger partial charge in [0.25, 0.3) is 0 Å². The molecule has 2 N–H and O–H groups in total. The first-order chi connectivity index (χ1) is 13.9. The van der Waals surface area contributed by atoms with Crippen molar-refractivity contribution in [3.05, 3.63) is 52.3 Å². The number of hydrogen-bond donors (Lipinski definition) is 2. The van der Waals surface area contributed by atoms with E-state index < -0.39 is 5.25 Å². The highest BCUT2D eigenvalue weighted by Crippen LogP contribution is 2.27. The lowest BCUT2D eigenvalue weighted by atomic mass is 10.0. The predicted molar refractivity (Wildman–Crippen MR) is 118 cm³/mol. The summed E-state index contributed by atoms with van der Waals surface area (Å²) in [5.41, 5.74) is 2.66. The Labute approximate surface area is 179 Å². The van der Waals surface area contributed by atoms with E-state index in [0.717, 1.165) is 17.5 Å². The first kappa shape index (κ1) is 22.7. The summed E-state index contributed by atoms with van der Waals surface area (Å²) in [5, 5.41) is 6.20. The van der Waals surface area contributed by atoms with Gasteiger partial charge < -0.3 is 15.4 Å². The maximum absolute atomic E-state index is 11.9. The van der Waals surface area contributed by atoms with Crippen molar-refractivity contribution in [1.82, 2.24) is 9.97 Å². The van der Waals surface area contributed by atoms with Gasteiger partial charge in [0.05, 0.1) is 18.8 Å². The number of methoxy groups -OCH3 is 1. The normalized spacial score (nSPS) is 13.3. The van der Waals surface area contributed by atoms with Crippen LogP contribution in [0.3, 0.4) is 0 Å². The number of carbonyl (C=O) groups is 2. The molecule has 1 unspecified atom stereocenters. The second kappa shape index (κ2) is 10.8. The van der Waals surface area contributed by atoms with Gasteiger partial charge in [0.2, 0.25) is 5.95 Å². The van der Waals surface area contributed by atoms with Gasteiger partial charge in [0.15, 0.2) is 0 Å². The molecule has 9 heteroatoms. The minimum Gasteiger partial charge on any atom is -0.468 e. The van der Waals surface area contributed by atoms with Gasteiger partial charge in [-0.25, -0.2) is 9.97 Å². The highest BCUT2D eigenvalue weighted by atomic mass is 35.5. The van der Waals surface area contributed by atoms with Crippen molar-refractivity contribution in [1.29, 1.82) is 0 Å². The van der Waals surface area contributed by atoms with E-state index >= 15 is 0 Å². The Morgan fingerprint density at radius 2 is 2.10 bits per heavy atom. The Morgan fingerprint density at radius 3 is 2.72 bits per heavy atom. The molecule has 2 rings (SSSR count). The van der Waals surface area contributed by atoms with Crippen LogP contribution in [0.2, 0.25) is 5.02 Å². The predicted octanol–water partition coefficient (Wildman–Crippen LogP) is 3.83. The Balaban J connectivity index is 2.27. The molecule has 0 radical (unpaired) electrons. The minimum atomic E-state index is -0.551. The van der Waals surface area contributed by atoms with Gasteiger partial charge in [-0.1, -0.05) is 11.6 Å². The highest BCUT2D eigenvalue weighted by Gasteiger charge is 2.22. The van der Waals surface area contributed by atoms with Crippen LogP contribution in [0.25, 0.3) is 6.08 Å². The summed E-state index contributed by atoms with van der Waals surface area (Å²) in [4.78, 5) is 32.2. The van der Waals surface area contributed by atoms with Gasteiger partial charge in [0.1, 0.15) is 11.5 Å². The summed E-state index contributed by atoms with van der Waals surface area (Å²) in [6.07, 6.45) is 5.90. The lowest BCUT2D eigenvalue weighted by Gasteiger charge is -2.16.